The van der Waals surface area contributed by atoms with Gasteiger partial charge in [0.05, 0.1) is 11.0 Å². The number of aromatic nitrogens is 3. The van der Waals surface area contributed by atoms with Crippen molar-refractivity contribution in [2.75, 3.05) is 0 Å². The molecule has 0 unspecified atom stereocenters. The van der Waals surface area contributed by atoms with Gasteiger partial charge in [0.25, 0.3) is 0 Å². The number of furan rings is 1. The maximum absolute atomic E-state index is 6.25. The summed E-state index contributed by atoms with van der Waals surface area (Å²) in [5, 5.41) is 4.54. The van der Waals surface area contributed by atoms with Crippen molar-refractivity contribution in [3.63, 3.8) is 0 Å². The third-order valence-electron chi connectivity index (χ3n) is 8.51. The van der Waals surface area contributed by atoms with Gasteiger partial charge < -0.3 is 4.42 Å². The molecule has 0 aliphatic rings. The normalized spacial score (nSPS) is 11.6. The minimum absolute atomic E-state index is 0.627. The van der Waals surface area contributed by atoms with Crippen molar-refractivity contribution in [2.24, 2.45) is 0 Å². The molecule has 0 aliphatic carbocycles. The second kappa shape index (κ2) is 9.79. The highest BCUT2D eigenvalue weighted by atomic mass is 16.3. The fraction of sp³-hybridized carbons (Fsp3) is 0. The molecule has 4 heteroatoms. The lowest BCUT2D eigenvalue weighted by molar-refractivity contribution is 0.669. The maximum atomic E-state index is 6.25. The number of para-hydroxylation sites is 2. The van der Waals surface area contributed by atoms with Crippen LogP contribution in [0.1, 0.15) is 0 Å². The molecule has 0 spiro atoms. The Morgan fingerprint density at radius 1 is 0.386 bits per heavy atom. The van der Waals surface area contributed by atoms with Gasteiger partial charge in [0, 0.05) is 45.6 Å². The van der Waals surface area contributed by atoms with Crippen molar-refractivity contribution < 1.29 is 4.42 Å². The highest BCUT2D eigenvalue weighted by molar-refractivity contribution is 6.17. The van der Waals surface area contributed by atoms with Crippen molar-refractivity contribution in [3.05, 3.63) is 152 Å². The number of fused-ring (bicyclic) bond motifs is 6. The topological polar surface area (TPSA) is 43.9 Å². The number of hydrogen-bond acceptors (Lipinski definition) is 3. The summed E-state index contributed by atoms with van der Waals surface area (Å²) >= 11 is 0. The Hall–Kier alpha value is -6.00. The monoisotopic (exact) mass is 563 g/mol. The summed E-state index contributed by atoms with van der Waals surface area (Å²) < 4.78 is 8.38. The molecule has 0 N–H and O–H groups in total. The van der Waals surface area contributed by atoms with Crippen molar-refractivity contribution in [1.82, 2.24) is 14.5 Å². The van der Waals surface area contributed by atoms with Crippen LogP contribution in [-0.2, 0) is 0 Å². The van der Waals surface area contributed by atoms with Gasteiger partial charge in [-0.25, -0.2) is 9.97 Å². The van der Waals surface area contributed by atoms with E-state index < -0.39 is 0 Å². The van der Waals surface area contributed by atoms with Crippen LogP contribution in [0.2, 0.25) is 0 Å². The molecule has 0 bridgehead atoms. The average molecular weight is 564 g/mol. The van der Waals surface area contributed by atoms with Gasteiger partial charge in [0.2, 0.25) is 5.95 Å². The van der Waals surface area contributed by atoms with Crippen molar-refractivity contribution in [3.8, 4) is 39.3 Å². The van der Waals surface area contributed by atoms with Gasteiger partial charge in [-0.05, 0) is 58.1 Å². The van der Waals surface area contributed by atoms with Gasteiger partial charge in [-0.1, -0.05) is 103 Å². The van der Waals surface area contributed by atoms with Gasteiger partial charge in [-0.2, -0.15) is 0 Å². The van der Waals surface area contributed by atoms with Gasteiger partial charge in [-0.15, -0.1) is 0 Å². The number of rotatable bonds is 4. The Kier molecular flexibility index (Phi) is 5.47. The predicted octanol–water partition coefficient (Wildman–Crippen LogP) is 10.5. The molecule has 9 rings (SSSR count). The van der Waals surface area contributed by atoms with Gasteiger partial charge >= 0.3 is 0 Å². The van der Waals surface area contributed by atoms with Crippen molar-refractivity contribution >= 4 is 43.7 Å². The smallest absolute Gasteiger partial charge is 0.234 e. The van der Waals surface area contributed by atoms with Crippen LogP contribution in [0.25, 0.3) is 83.1 Å². The van der Waals surface area contributed by atoms with Crippen LogP contribution in [0.5, 0.6) is 0 Å². The van der Waals surface area contributed by atoms with Crippen LogP contribution in [0, 0.1) is 0 Å². The molecule has 3 aromatic heterocycles. The van der Waals surface area contributed by atoms with Crippen molar-refractivity contribution in [2.45, 2.75) is 0 Å². The molecule has 44 heavy (non-hydrogen) atoms. The van der Waals surface area contributed by atoms with Gasteiger partial charge in [-0.3, -0.25) is 4.57 Å². The predicted molar refractivity (Wildman–Crippen MR) is 180 cm³/mol. The van der Waals surface area contributed by atoms with Crippen molar-refractivity contribution in [1.29, 1.82) is 0 Å². The zero-order valence-electron chi connectivity index (χ0n) is 23.7. The zero-order chi connectivity index (χ0) is 29.0. The molecule has 6 aromatic carbocycles. The summed E-state index contributed by atoms with van der Waals surface area (Å²) in [6.07, 6.45) is 3.84. The summed E-state index contributed by atoms with van der Waals surface area (Å²) in [6, 6.07) is 48.7. The first kappa shape index (κ1) is 24.6. The standard InChI is InChI=1S/C40H25N3O/c1-2-10-26(11-3-1)27-12-8-13-28(20-27)29-14-9-15-30(21-29)31-24-41-40(42-25-31)43-36-18-6-4-16-32(36)34-22-35-33-17-5-7-19-38(33)44-39(35)23-37(34)43/h1-25H. The minimum atomic E-state index is 0.627. The highest BCUT2D eigenvalue weighted by Gasteiger charge is 2.17. The Morgan fingerprint density at radius 3 is 1.73 bits per heavy atom. The fourth-order valence-corrected chi connectivity index (χ4v) is 6.38. The molecule has 0 fully saturated rings. The fourth-order valence-electron chi connectivity index (χ4n) is 6.38. The quantitative estimate of drug-likeness (QED) is 0.214. The Bertz CT molecular complexity index is 2490. The molecule has 206 valence electrons. The molecule has 0 atom stereocenters. The van der Waals surface area contributed by atoms with E-state index in [2.05, 4.69) is 126 Å². The second-order valence-electron chi connectivity index (χ2n) is 11.1. The molecular weight excluding hydrogens is 538 g/mol. The molecule has 3 heterocycles. The summed E-state index contributed by atoms with van der Waals surface area (Å²) in [5.41, 5.74) is 10.6. The number of nitrogens with zero attached hydrogens (tertiary/aromatic N) is 3. The second-order valence-corrected chi connectivity index (χ2v) is 11.1. The molecule has 9 aromatic rings. The van der Waals surface area contributed by atoms with E-state index in [1.165, 1.54) is 16.7 Å². The van der Waals surface area contributed by atoms with Gasteiger partial charge in [0.15, 0.2) is 0 Å². The first-order chi connectivity index (χ1) is 21.8. The van der Waals surface area contributed by atoms with E-state index in [9.17, 15) is 0 Å². The largest absolute Gasteiger partial charge is 0.456 e. The Balaban J connectivity index is 1.13. The van der Waals surface area contributed by atoms with E-state index in [1.807, 2.05) is 30.6 Å². The first-order valence-electron chi connectivity index (χ1n) is 14.7. The first-order valence-corrected chi connectivity index (χ1v) is 14.7. The number of benzene rings is 6. The van der Waals surface area contributed by atoms with E-state index in [1.54, 1.807) is 0 Å². The lowest BCUT2D eigenvalue weighted by atomic mass is 9.97. The van der Waals surface area contributed by atoms with Gasteiger partial charge in [0.1, 0.15) is 11.2 Å². The molecule has 0 saturated carbocycles. The van der Waals surface area contributed by atoms with E-state index in [4.69, 9.17) is 14.4 Å². The Morgan fingerprint density at radius 2 is 0.977 bits per heavy atom. The molecule has 4 nitrogen and oxygen atoms in total. The molecule has 0 radical (unpaired) electrons. The van der Waals surface area contributed by atoms with Crippen LogP contribution in [0.4, 0.5) is 0 Å². The number of hydrogen-bond donors (Lipinski definition) is 0. The summed E-state index contributed by atoms with van der Waals surface area (Å²) in [7, 11) is 0. The lowest BCUT2D eigenvalue weighted by Crippen LogP contribution is -2.00. The summed E-state index contributed by atoms with van der Waals surface area (Å²) in [4.78, 5) is 9.80. The summed E-state index contributed by atoms with van der Waals surface area (Å²) in [5.74, 6) is 0.627. The Labute approximate surface area is 253 Å². The van der Waals surface area contributed by atoms with E-state index in [0.717, 1.165) is 60.4 Å². The molecular formula is C40H25N3O. The third kappa shape index (κ3) is 3.92. The lowest BCUT2D eigenvalue weighted by Gasteiger charge is -2.09. The van der Waals surface area contributed by atoms with Crippen LogP contribution in [0.3, 0.4) is 0 Å². The molecule has 0 saturated heterocycles. The van der Waals surface area contributed by atoms with Crippen LogP contribution >= 0.6 is 0 Å². The van der Waals surface area contributed by atoms with E-state index in [0.29, 0.717) is 5.95 Å². The average Bonchev–Trinajstić information content (AvgIpc) is 3.62. The maximum Gasteiger partial charge on any atom is 0.234 e. The minimum Gasteiger partial charge on any atom is -0.456 e. The summed E-state index contributed by atoms with van der Waals surface area (Å²) in [6.45, 7) is 0. The molecule has 0 amide bonds. The van der Waals surface area contributed by atoms with Crippen LogP contribution in [-0.4, -0.2) is 14.5 Å². The molecule has 0 aliphatic heterocycles. The zero-order valence-corrected chi connectivity index (χ0v) is 23.7. The third-order valence-corrected chi connectivity index (χ3v) is 8.51. The van der Waals surface area contributed by atoms with E-state index in [-0.39, 0.29) is 0 Å². The SMILES string of the molecule is c1ccc(-c2cccc(-c3cccc(-c4cnc(-n5c6ccccc6c6cc7c(cc65)oc5ccccc57)nc4)c3)c2)cc1. The van der Waals surface area contributed by atoms with Crippen LogP contribution < -0.4 is 0 Å². The van der Waals surface area contributed by atoms with Crippen LogP contribution in [0.15, 0.2) is 156 Å². The highest BCUT2D eigenvalue weighted by Crippen LogP contribution is 2.38. The van der Waals surface area contributed by atoms with E-state index >= 15 is 0 Å².